The summed E-state index contributed by atoms with van der Waals surface area (Å²) in [7, 11) is 0. The number of benzene rings is 2. The van der Waals surface area contributed by atoms with Crippen LogP contribution in [0.15, 0.2) is 48.5 Å². The Morgan fingerprint density at radius 3 is 2.31 bits per heavy atom. The van der Waals surface area contributed by atoms with Crippen LogP contribution in [0.4, 0.5) is 0 Å². The largest absolute Gasteiger partial charge is 0.484 e. The van der Waals surface area contributed by atoms with E-state index < -0.39 is 6.04 Å². The van der Waals surface area contributed by atoms with Gasteiger partial charge in [-0.25, -0.2) is 0 Å². The second-order valence-electron chi connectivity index (χ2n) is 8.53. The van der Waals surface area contributed by atoms with Crippen LogP contribution in [0.3, 0.4) is 0 Å². The molecule has 0 heterocycles. The lowest BCUT2D eigenvalue weighted by Gasteiger charge is -2.31. The molecule has 0 spiro atoms. The van der Waals surface area contributed by atoms with E-state index in [0.717, 1.165) is 24.0 Å². The SMILES string of the molecule is CCCCNC(=O)[C@@H](CC)N(Cc1ccccc1C)C(=O)COc1ccc(C(C)C)cc1. The second kappa shape index (κ2) is 12.9. The van der Waals surface area contributed by atoms with Crippen LogP contribution in [0.5, 0.6) is 5.75 Å². The van der Waals surface area contributed by atoms with Crippen molar-refractivity contribution in [1.29, 1.82) is 0 Å². The molecule has 2 rings (SSSR count). The van der Waals surface area contributed by atoms with E-state index in [1.165, 1.54) is 5.56 Å². The van der Waals surface area contributed by atoms with Gasteiger partial charge in [-0.3, -0.25) is 9.59 Å². The number of ether oxygens (including phenoxy) is 1. The summed E-state index contributed by atoms with van der Waals surface area (Å²) in [6.07, 6.45) is 2.47. The number of hydrogen-bond donors (Lipinski definition) is 1. The first-order chi connectivity index (χ1) is 15.4. The van der Waals surface area contributed by atoms with Gasteiger partial charge >= 0.3 is 0 Å². The lowest BCUT2D eigenvalue weighted by Crippen LogP contribution is -2.50. The first-order valence-electron chi connectivity index (χ1n) is 11.7. The molecule has 0 radical (unpaired) electrons. The van der Waals surface area contributed by atoms with Crippen LogP contribution in [0, 0.1) is 6.92 Å². The number of nitrogens with zero attached hydrogens (tertiary/aromatic N) is 1. The monoisotopic (exact) mass is 438 g/mol. The van der Waals surface area contributed by atoms with E-state index in [9.17, 15) is 9.59 Å². The normalized spacial score (nSPS) is 11.8. The molecule has 0 aliphatic heterocycles. The molecular weight excluding hydrogens is 400 g/mol. The predicted octanol–water partition coefficient (Wildman–Crippen LogP) is 5.22. The lowest BCUT2D eigenvalue weighted by atomic mass is 10.0. The fraction of sp³-hybridized carbons (Fsp3) is 0.481. The minimum Gasteiger partial charge on any atom is -0.484 e. The number of aryl methyl sites for hydroxylation is 1. The van der Waals surface area contributed by atoms with Crippen molar-refractivity contribution >= 4 is 11.8 Å². The summed E-state index contributed by atoms with van der Waals surface area (Å²) in [5.74, 6) is 0.786. The first kappa shape index (κ1) is 25.4. The maximum atomic E-state index is 13.3. The fourth-order valence-electron chi connectivity index (χ4n) is 3.57. The van der Waals surface area contributed by atoms with E-state index in [-0.39, 0.29) is 18.4 Å². The molecule has 0 fully saturated rings. The fourth-order valence-corrected chi connectivity index (χ4v) is 3.57. The Labute approximate surface area is 193 Å². The van der Waals surface area contributed by atoms with Crippen LogP contribution in [0.2, 0.25) is 0 Å². The summed E-state index contributed by atoms with van der Waals surface area (Å²) in [6, 6.07) is 15.2. The summed E-state index contributed by atoms with van der Waals surface area (Å²) in [4.78, 5) is 27.8. The van der Waals surface area contributed by atoms with E-state index in [0.29, 0.717) is 31.2 Å². The van der Waals surface area contributed by atoms with Gasteiger partial charge in [0.1, 0.15) is 11.8 Å². The average Bonchev–Trinajstić information content (AvgIpc) is 2.79. The second-order valence-corrected chi connectivity index (χ2v) is 8.53. The number of carbonyl (C=O) groups excluding carboxylic acids is 2. The molecule has 2 aromatic rings. The Morgan fingerprint density at radius 2 is 1.72 bits per heavy atom. The average molecular weight is 439 g/mol. The smallest absolute Gasteiger partial charge is 0.261 e. The van der Waals surface area contributed by atoms with E-state index in [4.69, 9.17) is 4.74 Å². The number of carbonyl (C=O) groups is 2. The van der Waals surface area contributed by atoms with Gasteiger partial charge in [0, 0.05) is 13.1 Å². The third-order valence-corrected chi connectivity index (χ3v) is 5.73. The van der Waals surface area contributed by atoms with Crippen LogP contribution < -0.4 is 10.1 Å². The van der Waals surface area contributed by atoms with Crippen molar-refractivity contribution in [2.75, 3.05) is 13.2 Å². The molecule has 174 valence electrons. The number of unbranched alkanes of at least 4 members (excludes halogenated alkanes) is 1. The predicted molar refractivity (Wildman–Crippen MR) is 130 cm³/mol. The molecule has 32 heavy (non-hydrogen) atoms. The molecule has 2 amide bonds. The van der Waals surface area contributed by atoms with Gasteiger partial charge in [0.2, 0.25) is 5.91 Å². The van der Waals surface area contributed by atoms with Crippen molar-refractivity contribution in [3.8, 4) is 5.75 Å². The summed E-state index contributed by atoms with van der Waals surface area (Å²) < 4.78 is 5.80. The molecule has 0 aliphatic carbocycles. The van der Waals surface area contributed by atoms with E-state index in [1.54, 1.807) is 4.90 Å². The molecule has 1 atom stereocenters. The Bertz CT molecular complexity index is 861. The Morgan fingerprint density at radius 1 is 1.03 bits per heavy atom. The first-order valence-corrected chi connectivity index (χ1v) is 11.7. The zero-order valence-corrected chi connectivity index (χ0v) is 20.2. The highest BCUT2D eigenvalue weighted by Gasteiger charge is 2.29. The van der Waals surface area contributed by atoms with E-state index in [2.05, 4.69) is 26.1 Å². The highest BCUT2D eigenvalue weighted by atomic mass is 16.5. The summed E-state index contributed by atoms with van der Waals surface area (Å²) >= 11 is 0. The third kappa shape index (κ3) is 7.40. The van der Waals surface area contributed by atoms with Crippen LogP contribution in [-0.2, 0) is 16.1 Å². The van der Waals surface area contributed by atoms with Crippen LogP contribution in [0.25, 0.3) is 0 Å². The summed E-state index contributed by atoms with van der Waals surface area (Å²) in [5, 5.41) is 2.99. The van der Waals surface area contributed by atoms with Gasteiger partial charge in [0.25, 0.3) is 5.91 Å². The molecule has 2 aromatic carbocycles. The molecule has 0 unspecified atom stereocenters. The number of rotatable bonds is 12. The molecule has 1 N–H and O–H groups in total. The maximum absolute atomic E-state index is 13.3. The Balaban J connectivity index is 2.16. The van der Waals surface area contributed by atoms with Gasteiger partial charge in [-0.15, -0.1) is 0 Å². The van der Waals surface area contributed by atoms with Gasteiger partial charge in [-0.2, -0.15) is 0 Å². The molecule has 5 heteroatoms. The van der Waals surface area contributed by atoms with Crippen molar-refractivity contribution < 1.29 is 14.3 Å². The van der Waals surface area contributed by atoms with E-state index >= 15 is 0 Å². The van der Waals surface area contributed by atoms with Crippen LogP contribution >= 0.6 is 0 Å². The Kier molecular flexibility index (Phi) is 10.3. The molecular formula is C27H38N2O3. The highest BCUT2D eigenvalue weighted by Crippen LogP contribution is 2.20. The van der Waals surface area contributed by atoms with Crippen molar-refractivity contribution in [3.05, 3.63) is 65.2 Å². The lowest BCUT2D eigenvalue weighted by molar-refractivity contribution is -0.143. The topological polar surface area (TPSA) is 58.6 Å². The number of nitrogens with one attached hydrogen (secondary N) is 1. The Hall–Kier alpha value is -2.82. The van der Waals surface area contributed by atoms with Gasteiger partial charge < -0.3 is 15.0 Å². The van der Waals surface area contributed by atoms with Gasteiger partial charge in [-0.05, 0) is 54.5 Å². The molecule has 0 saturated carbocycles. The molecule has 0 aromatic heterocycles. The quantitative estimate of drug-likeness (QED) is 0.462. The molecule has 0 aliphatic rings. The van der Waals surface area contributed by atoms with Crippen LogP contribution in [-0.4, -0.2) is 35.9 Å². The zero-order valence-electron chi connectivity index (χ0n) is 20.2. The molecule has 5 nitrogen and oxygen atoms in total. The van der Waals surface area contributed by atoms with Crippen molar-refractivity contribution in [3.63, 3.8) is 0 Å². The molecule has 0 saturated heterocycles. The van der Waals surface area contributed by atoms with Crippen molar-refractivity contribution in [2.45, 2.75) is 72.4 Å². The minimum atomic E-state index is -0.536. The van der Waals surface area contributed by atoms with E-state index in [1.807, 2.05) is 62.4 Å². The minimum absolute atomic E-state index is 0.106. The zero-order chi connectivity index (χ0) is 23.5. The number of amides is 2. The van der Waals surface area contributed by atoms with Crippen LogP contribution in [0.1, 0.15) is 69.6 Å². The maximum Gasteiger partial charge on any atom is 0.261 e. The van der Waals surface area contributed by atoms with Gasteiger partial charge in [0.05, 0.1) is 0 Å². The van der Waals surface area contributed by atoms with Gasteiger partial charge in [-0.1, -0.05) is 70.5 Å². The van der Waals surface area contributed by atoms with Crippen molar-refractivity contribution in [1.82, 2.24) is 10.2 Å². The number of hydrogen-bond acceptors (Lipinski definition) is 3. The summed E-state index contributed by atoms with van der Waals surface area (Å²) in [5.41, 5.74) is 3.35. The van der Waals surface area contributed by atoms with Gasteiger partial charge in [0.15, 0.2) is 6.61 Å². The molecule has 0 bridgehead atoms. The van der Waals surface area contributed by atoms with Crippen molar-refractivity contribution in [2.24, 2.45) is 0 Å². The standard InChI is InChI=1S/C27H38N2O3/c1-6-8-17-28-27(31)25(7-2)29(18-23-12-10-9-11-21(23)5)26(30)19-32-24-15-13-22(14-16-24)20(3)4/h9-16,20,25H,6-8,17-19H2,1-5H3,(H,28,31)/t25-/m1/s1. The highest BCUT2D eigenvalue weighted by molar-refractivity contribution is 5.88. The summed E-state index contributed by atoms with van der Waals surface area (Å²) in [6.45, 7) is 11.2. The third-order valence-electron chi connectivity index (χ3n) is 5.73.